The van der Waals surface area contributed by atoms with Crippen LogP contribution in [0.25, 0.3) is 0 Å². The minimum Gasteiger partial charge on any atom is -0.364 e. The quantitative estimate of drug-likeness (QED) is 0.656. The highest BCUT2D eigenvalue weighted by Crippen LogP contribution is 2.11. The molecule has 1 amide bonds. The van der Waals surface area contributed by atoms with Crippen LogP contribution in [0.4, 0.5) is 5.69 Å². The van der Waals surface area contributed by atoms with Crippen LogP contribution in [0.2, 0.25) is 0 Å². The maximum absolute atomic E-state index is 11.1. The predicted octanol–water partition coefficient (Wildman–Crippen LogP) is 0.215. The molecule has 0 saturated carbocycles. The maximum atomic E-state index is 11.1. The fourth-order valence-electron chi connectivity index (χ4n) is 1.17. The van der Waals surface area contributed by atoms with E-state index in [0.29, 0.717) is 10.8 Å². The molecule has 1 heterocycles. The Labute approximate surface area is 99.2 Å². The molecule has 1 rings (SSSR count). The van der Waals surface area contributed by atoms with Gasteiger partial charge in [0.25, 0.3) is 5.91 Å². The maximum Gasteiger partial charge on any atom is 0.271 e. The number of aromatic nitrogens is 2. The zero-order valence-corrected chi connectivity index (χ0v) is 10.1. The molecular formula is C9H15N5OS. The van der Waals surface area contributed by atoms with E-state index >= 15 is 0 Å². The number of anilines is 1. The number of nitrogens with zero attached hydrogens (tertiary/aromatic N) is 2. The van der Waals surface area contributed by atoms with E-state index in [1.807, 2.05) is 6.92 Å². The van der Waals surface area contributed by atoms with Crippen molar-refractivity contribution in [3.63, 3.8) is 0 Å². The van der Waals surface area contributed by atoms with E-state index < -0.39 is 5.91 Å². The number of hydrogen-bond acceptors (Lipinski definition) is 3. The summed E-state index contributed by atoms with van der Waals surface area (Å²) in [5, 5.41) is 10.3. The lowest BCUT2D eigenvalue weighted by Crippen LogP contribution is -2.29. The molecule has 16 heavy (non-hydrogen) atoms. The Balaban J connectivity index is 2.72. The first-order valence-corrected chi connectivity index (χ1v) is 5.33. The van der Waals surface area contributed by atoms with Crippen LogP contribution in [0, 0.1) is 0 Å². The van der Waals surface area contributed by atoms with Gasteiger partial charge >= 0.3 is 0 Å². The van der Waals surface area contributed by atoms with Gasteiger partial charge in [-0.25, -0.2) is 0 Å². The van der Waals surface area contributed by atoms with Gasteiger partial charge in [0.05, 0.1) is 5.69 Å². The smallest absolute Gasteiger partial charge is 0.271 e. The summed E-state index contributed by atoms with van der Waals surface area (Å²) in [5.41, 5.74) is 5.89. The van der Waals surface area contributed by atoms with Crippen molar-refractivity contribution in [3.05, 3.63) is 11.9 Å². The van der Waals surface area contributed by atoms with Crippen LogP contribution in [0.5, 0.6) is 0 Å². The van der Waals surface area contributed by atoms with Crippen molar-refractivity contribution in [1.29, 1.82) is 0 Å². The summed E-state index contributed by atoms with van der Waals surface area (Å²) in [7, 11) is 1.71. The standard InChI is InChI=1S/C9H15N5OS/c1-3-4-11-9(16)12-6-5-14(2)13-7(6)8(10)15/h5H,3-4H2,1-2H3,(H2,10,15)(H2,11,12,16). The first-order chi connectivity index (χ1) is 7.54. The summed E-state index contributed by atoms with van der Waals surface area (Å²) < 4.78 is 1.50. The fraction of sp³-hybridized carbons (Fsp3) is 0.444. The van der Waals surface area contributed by atoms with Gasteiger partial charge in [0.15, 0.2) is 10.8 Å². The van der Waals surface area contributed by atoms with Crippen LogP contribution in [0.3, 0.4) is 0 Å². The first-order valence-electron chi connectivity index (χ1n) is 4.93. The van der Waals surface area contributed by atoms with E-state index in [4.69, 9.17) is 18.0 Å². The van der Waals surface area contributed by atoms with Gasteiger partial charge in [-0.3, -0.25) is 9.48 Å². The van der Waals surface area contributed by atoms with E-state index in [2.05, 4.69) is 15.7 Å². The zero-order chi connectivity index (χ0) is 12.1. The zero-order valence-electron chi connectivity index (χ0n) is 9.28. The van der Waals surface area contributed by atoms with E-state index in [1.165, 1.54) is 4.68 Å². The van der Waals surface area contributed by atoms with Gasteiger partial charge in [-0.05, 0) is 18.6 Å². The third-order valence-corrected chi connectivity index (χ3v) is 2.09. The number of rotatable bonds is 4. The average molecular weight is 241 g/mol. The Morgan fingerprint density at radius 3 is 2.94 bits per heavy atom. The van der Waals surface area contributed by atoms with Crippen LogP contribution < -0.4 is 16.4 Å². The Morgan fingerprint density at radius 1 is 1.69 bits per heavy atom. The number of carbonyl (C=O) groups is 1. The number of thiocarbonyl (C=S) groups is 1. The van der Waals surface area contributed by atoms with Crippen molar-refractivity contribution >= 4 is 28.9 Å². The lowest BCUT2D eigenvalue weighted by Gasteiger charge is -2.08. The summed E-state index contributed by atoms with van der Waals surface area (Å²) in [6.07, 6.45) is 2.62. The third-order valence-electron chi connectivity index (χ3n) is 1.85. The molecule has 7 heteroatoms. The van der Waals surface area contributed by atoms with Crippen molar-refractivity contribution in [1.82, 2.24) is 15.1 Å². The van der Waals surface area contributed by atoms with Crippen LogP contribution in [-0.2, 0) is 7.05 Å². The average Bonchev–Trinajstić information content (AvgIpc) is 2.56. The van der Waals surface area contributed by atoms with Gasteiger partial charge in [-0.1, -0.05) is 6.92 Å². The number of carbonyl (C=O) groups excluding carboxylic acids is 1. The molecule has 0 aliphatic carbocycles. The van der Waals surface area contributed by atoms with E-state index in [0.717, 1.165) is 13.0 Å². The van der Waals surface area contributed by atoms with Crippen molar-refractivity contribution in [2.75, 3.05) is 11.9 Å². The van der Waals surface area contributed by atoms with Gasteiger partial charge < -0.3 is 16.4 Å². The molecule has 88 valence electrons. The molecule has 0 aliphatic rings. The van der Waals surface area contributed by atoms with Crippen LogP contribution in [0.15, 0.2) is 6.20 Å². The summed E-state index contributed by atoms with van der Waals surface area (Å²) in [5.74, 6) is -0.582. The molecule has 0 atom stereocenters. The highest BCUT2D eigenvalue weighted by atomic mass is 32.1. The van der Waals surface area contributed by atoms with Crippen LogP contribution >= 0.6 is 12.2 Å². The van der Waals surface area contributed by atoms with Crippen molar-refractivity contribution < 1.29 is 4.79 Å². The van der Waals surface area contributed by atoms with Gasteiger partial charge in [-0.15, -0.1) is 0 Å². The van der Waals surface area contributed by atoms with E-state index in [1.54, 1.807) is 13.2 Å². The molecule has 1 aromatic rings. The molecule has 6 nitrogen and oxygen atoms in total. The number of hydrogen-bond donors (Lipinski definition) is 3. The summed E-state index contributed by atoms with van der Waals surface area (Å²) in [4.78, 5) is 11.1. The number of aryl methyl sites for hydroxylation is 1. The topological polar surface area (TPSA) is 85.0 Å². The van der Waals surface area contributed by atoms with E-state index in [-0.39, 0.29) is 5.69 Å². The Kier molecular flexibility index (Phi) is 4.24. The lowest BCUT2D eigenvalue weighted by atomic mass is 10.3. The normalized spacial score (nSPS) is 9.88. The second-order valence-corrected chi connectivity index (χ2v) is 3.72. The molecule has 0 aromatic carbocycles. The first kappa shape index (κ1) is 12.4. The second kappa shape index (κ2) is 5.45. The molecular weight excluding hydrogens is 226 g/mol. The molecule has 0 spiro atoms. The van der Waals surface area contributed by atoms with Crippen LogP contribution in [0.1, 0.15) is 23.8 Å². The summed E-state index contributed by atoms with van der Waals surface area (Å²) in [6, 6.07) is 0. The third kappa shape index (κ3) is 3.20. The van der Waals surface area contributed by atoms with Gasteiger partial charge in [0.2, 0.25) is 0 Å². The van der Waals surface area contributed by atoms with E-state index in [9.17, 15) is 4.79 Å². The largest absolute Gasteiger partial charge is 0.364 e. The van der Waals surface area contributed by atoms with Crippen molar-refractivity contribution in [3.8, 4) is 0 Å². The highest BCUT2D eigenvalue weighted by Gasteiger charge is 2.13. The van der Waals surface area contributed by atoms with Crippen molar-refractivity contribution in [2.24, 2.45) is 12.8 Å². The van der Waals surface area contributed by atoms with Gasteiger partial charge in [0, 0.05) is 19.8 Å². The minimum atomic E-state index is -0.582. The number of nitrogens with two attached hydrogens (primary N) is 1. The Morgan fingerprint density at radius 2 is 2.38 bits per heavy atom. The molecule has 0 saturated heterocycles. The molecule has 0 fully saturated rings. The lowest BCUT2D eigenvalue weighted by molar-refractivity contribution is 0.0995. The number of primary amides is 1. The Bertz CT molecular complexity index is 401. The monoisotopic (exact) mass is 241 g/mol. The number of amides is 1. The number of nitrogens with one attached hydrogen (secondary N) is 2. The van der Waals surface area contributed by atoms with Crippen molar-refractivity contribution in [2.45, 2.75) is 13.3 Å². The SMILES string of the molecule is CCCNC(=S)Nc1cn(C)nc1C(N)=O. The molecule has 0 radical (unpaired) electrons. The van der Waals surface area contributed by atoms with Gasteiger partial charge in [-0.2, -0.15) is 5.10 Å². The minimum absolute atomic E-state index is 0.183. The van der Waals surface area contributed by atoms with Gasteiger partial charge in [0.1, 0.15) is 0 Å². The molecule has 0 bridgehead atoms. The molecule has 0 aliphatic heterocycles. The molecule has 4 N–H and O–H groups in total. The molecule has 0 unspecified atom stereocenters. The Hall–Kier alpha value is -1.63. The summed E-state index contributed by atoms with van der Waals surface area (Å²) >= 11 is 5.05. The highest BCUT2D eigenvalue weighted by molar-refractivity contribution is 7.80. The predicted molar refractivity (Wildman–Crippen MR) is 66.2 cm³/mol. The summed E-state index contributed by atoms with van der Waals surface area (Å²) in [6.45, 7) is 2.81. The molecule has 1 aromatic heterocycles. The van der Waals surface area contributed by atoms with Crippen LogP contribution in [-0.4, -0.2) is 27.3 Å². The fourth-order valence-corrected chi connectivity index (χ4v) is 1.38. The second-order valence-electron chi connectivity index (χ2n) is 3.31.